The number of ether oxygens (including phenoxy) is 1. The summed E-state index contributed by atoms with van der Waals surface area (Å²) in [6.07, 6.45) is 2.45. The number of hydrogen-bond acceptors (Lipinski definition) is 5. The molecule has 0 spiro atoms. The summed E-state index contributed by atoms with van der Waals surface area (Å²) in [4.78, 5) is 12.4. The monoisotopic (exact) mass is 422 g/mol. The van der Waals surface area contributed by atoms with Gasteiger partial charge in [-0.3, -0.25) is 4.79 Å². The van der Waals surface area contributed by atoms with Crippen molar-refractivity contribution in [2.75, 3.05) is 12.9 Å². The van der Waals surface area contributed by atoms with Crippen molar-refractivity contribution in [1.82, 2.24) is 20.1 Å². The maximum Gasteiger partial charge on any atom is 0.230 e. The van der Waals surface area contributed by atoms with Crippen molar-refractivity contribution >= 4 is 17.7 Å². The molecule has 1 atom stereocenters. The zero-order valence-electron chi connectivity index (χ0n) is 17.2. The number of nitrogens with zero attached hydrogens (tertiary/aromatic N) is 3. The van der Waals surface area contributed by atoms with Crippen LogP contribution in [0.3, 0.4) is 0 Å². The molecule has 7 heteroatoms. The number of aromatic nitrogens is 3. The predicted octanol–water partition coefficient (Wildman–Crippen LogP) is 4.03. The number of nitrogens with one attached hydrogen (secondary N) is 1. The van der Waals surface area contributed by atoms with Gasteiger partial charge < -0.3 is 14.6 Å². The summed E-state index contributed by atoms with van der Waals surface area (Å²) in [6, 6.07) is 17.7. The lowest BCUT2D eigenvalue weighted by Gasteiger charge is -2.14. The molecule has 3 aromatic rings. The third-order valence-corrected chi connectivity index (χ3v) is 5.60. The van der Waals surface area contributed by atoms with Gasteiger partial charge in [-0.2, -0.15) is 0 Å². The first-order valence-corrected chi connectivity index (χ1v) is 10.7. The minimum atomic E-state index is -0.0454. The van der Waals surface area contributed by atoms with Crippen LogP contribution in [0.15, 0.2) is 72.4 Å². The Morgan fingerprint density at radius 2 is 1.93 bits per heavy atom. The van der Waals surface area contributed by atoms with E-state index >= 15 is 0 Å². The Morgan fingerprint density at radius 3 is 2.60 bits per heavy atom. The molecule has 1 aromatic heterocycles. The molecule has 0 saturated heterocycles. The van der Waals surface area contributed by atoms with E-state index < -0.39 is 0 Å². The first kappa shape index (κ1) is 21.6. The molecule has 156 valence electrons. The van der Waals surface area contributed by atoms with Gasteiger partial charge >= 0.3 is 0 Å². The van der Waals surface area contributed by atoms with Crippen LogP contribution in [0.25, 0.3) is 0 Å². The predicted molar refractivity (Wildman–Crippen MR) is 120 cm³/mol. The highest BCUT2D eigenvalue weighted by Gasteiger charge is 2.15. The lowest BCUT2D eigenvalue weighted by Crippen LogP contribution is -2.28. The summed E-state index contributed by atoms with van der Waals surface area (Å²) in [5.41, 5.74) is 2.19. The molecule has 1 amide bonds. The van der Waals surface area contributed by atoms with Gasteiger partial charge in [0.1, 0.15) is 11.6 Å². The average Bonchev–Trinajstić information content (AvgIpc) is 3.15. The zero-order chi connectivity index (χ0) is 21.3. The molecule has 0 unspecified atom stereocenters. The highest BCUT2D eigenvalue weighted by molar-refractivity contribution is 7.99. The standard InChI is InChI=1S/C23H26N4O2S/c1-4-14-27-21(15-18-10-12-20(29-3)13-11-18)25-26-23(27)30-16-22(28)24-17(2)19-8-6-5-7-9-19/h4-13,17H,1,14-16H2,2-3H3,(H,24,28)/t17-/m1/s1. The van der Waals surface area contributed by atoms with Gasteiger partial charge in [-0.15, -0.1) is 16.8 Å². The van der Waals surface area contributed by atoms with Crippen LogP contribution in [0.5, 0.6) is 5.75 Å². The van der Waals surface area contributed by atoms with Crippen LogP contribution < -0.4 is 10.1 Å². The minimum Gasteiger partial charge on any atom is -0.497 e. The molecule has 0 radical (unpaired) electrons. The third-order valence-electron chi connectivity index (χ3n) is 4.64. The van der Waals surface area contributed by atoms with E-state index in [2.05, 4.69) is 22.1 Å². The molecule has 0 fully saturated rings. The number of rotatable bonds is 10. The van der Waals surface area contributed by atoms with E-state index in [0.717, 1.165) is 22.7 Å². The van der Waals surface area contributed by atoms with Crippen LogP contribution in [0.1, 0.15) is 29.9 Å². The minimum absolute atomic E-state index is 0.0405. The Balaban J connectivity index is 1.62. The van der Waals surface area contributed by atoms with E-state index in [4.69, 9.17) is 4.74 Å². The molecule has 1 heterocycles. The van der Waals surface area contributed by atoms with Crippen LogP contribution in [0, 0.1) is 0 Å². The van der Waals surface area contributed by atoms with Crippen molar-refractivity contribution < 1.29 is 9.53 Å². The fraction of sp³-hybridized carbons (Fsp3) is 0.261. The number of carbonyl (C=O) groups excluding carboxylic acids is 1. The summed E-state index contributed by atoms with van der Waals surface area (Å²) in [7, 11) is 1.65. The number of amides is 1. The van der Waals surface area contributed by atoms with Crippen molar-refractivity contribution in [3.63, 3.8) is 0 Å². The second kappa shape index (κ2) is 10.6. The van der Waals surface area contributed by atoms with E-state index in [9.17, 15) is 4.79 Å². The molecule has 30 heavy (non-hydrogen) atoms. The van der Waals surface area contributed by atoms with Gasteiger partial charge in [0.05, 0.1) is 18.9 Å². The van der Waals surface area contributed by atoms with Gasteiger partial charge in [0.25, 0.3) is 0 Å². The molecule has 2 aromatic carbocycles. The van der Waals surface area contributed by atoms with E-state index in [1.165, 1.54) is 11.8 Å². The molecule has 0 aliphatic carbocycles. The number of hydrogen-bond donors (Lipinski definition) is 1. The Bertz CT molecular complexity index is 971. The van der Waals surface area contributed by atoms with Gasteiger partial charge in [-0.05, 0) is 30.2 Å². The molecule has 0 aliphatic rings. The highest BCUT2D eigenvalue weighted by Crippen LogP contribution is 2.20. The summed E-state index contributed by atoms with van der Waals surface area (Å²) < 4.78 is 7.20. The van der Waals surface area contributed by atoms with Gasteiger partial charge in [-0.25, -0.2) is 0 Å². The smallest absolute Gasteiger partial charge is 0.230 e. The van der Waals surface area contributed by atoms with Crippen LogP contribution in [-0.2, 0) is 17.8 Å². The topological polar surface area (TPSA) is 69.0 Å². The number of thioether (sulfide) groups is 1. The second-order valence-electron chi connectivity index (χ2n) is 6.81. The number of methoxy groups -OCH3 is 1. The number of allylic oxidation sites excluding steroid dienone is 1. The number of benzene rings is 2. The fourth-order valence-corrected chi connectivity index (χ4v) is 3.81. The summed E-state index contributed by atoms with van der Waals surface area (Å²) >= 11 is 1.38. The molecule has 6 nitrogen and oxygen atoms in total. The highest BCUT2D eigenvalue weighted by atomic mass is 32.2. The Morgan fingerprint density at radius 1 is 1.20 bits per heavy atom. The first-order chi connectivity index (χ1) is 14.6. The zero-order valence-corrected chi connectivity index (χ0v) is 18.1. The number of carbonyl (C=O) groups is 1. The van der Waals surface area contributed by atoms with Crippen molar-refractivity contribution in [3.05, 3.63) is 84.2 Å². The van der Waals surface area contributed by atoms with E-state index in [0.29, 0.717) is 18.1 Å². The van der Waals surface area contributed by atoms with Crippen LogP contribution >= 0.6 is 11.8 Å². The summed E-state index contributed by atoms with van der Waals surface area (Å²) in [5.74, 6) is 1.88. The van der Waals surface area contributed by atoms with Gasteiger partial charge in [0.15, 0.2) is 5.16 Å². The van der Waals surface area contributed by atoms with E-state index in [1.54, 1.807) is 7.11 Å². The third kappa shape index (κ3) is 5.73. The van der Waals surface area contributed by atoms with Crippen molar-refractivity contribution in [2.24, 2.45) is 0 Å². The van der Waals surface area contributed by atoms with Gasteiger partial charge in [-0.1, -0.05) is 60.3 Å². The van der Waals surface area contributed by atoms with Crippen molar-refractivity contribution in [3.8, 4) is 5.75 Å². The molecular weight excluding hydrogens is 396 g/mol. The summed E-state index contributed by atoms with van der Waals surface area (Å²) in [6.45, 7) is 6.40. The SMILES string of the molecule is C=CCn1c(Cc2ccc(OC)cc2)nnc1SCC(=O)N[C@H](C)c1ccccc1. The quantitative estimate of drug-likeness (QED) is 0.395. The maximum atomic E-state index is 12.4. The molecule has 0 saturated carbocycles. The second-order valence-corrected chi connectivity index (χ2v) is 7.75. The van der Waals surface area contributed by atoms with Crippen molar-refractivity contribution in [1.29, 1.82) is 0 Å². The largest absolute Gasteiger partial charge is 0.497 e. The van der Waals surface area contributed by atoms with Crippen LogP contribution in [-0.4, -0.2) is 33.5 Å². The lowest BCUT2D eigenvalue weighted by atomic mass is 10.1. The molecular formula is C23H26N4O2S. The average molecular weight is 423 g/mol. The van der Waals surface area contributed by atoms with Crippen LogP contribution in [0.4, 0.5) is 0 Å². The molecule has 0 bridgehead atoms. The maximum absolute atomic E-state index is 12.4. The van der Waals surface area contributed by atoms with Crippen molar-refractivity contribution in [2.45, 2.75) is 31.1 Å². The first-order valence-electron chi connectivity index (χ1n) is 9.73. The van der Waals surface area contributed by atoms with Gasteiger partial charge in [0, 0.05) is 13.0 Å². The summed E-state index contributed by atoms with van der Waals surface area (Å²) in [5, 5.41) is 12.4. The lowest BCUT2D eigenvalue weighted by molar-refractivity contribution is -0.119. The normalized spacial score (nSPS) is 11.7. The Hall–Kier alpha value is -3.06. The Kier molecular flexibility index (Phi) is 7.68. The van der Waals surface area contributed by atoms with E-state index in [-0.39, 0.29) is 17.7 Å². The Labute approximate surface area is 181 Å². The molecule has 0 aliphatic heterocycles. The van der Waals surface area contributed by atoms with Crippen LogP contribution in [0.2, 0.25) is 0 Å². The molecule has 3 rings (SSSR count). The molecule has 1 N–H and O–H groups in total. The van der Waals surface area contributed by atoms with E-state index in [1.807, 2.05) is 72.2 Å². The van der Waals surface area contributed by atoms with Gasteiger partial charge in [0.2, 0.25) is 5.91 Å². The fourth-order valence-electron chi connectivity index (χ4n) is 3.03.